The zero-order chi connectivity index (χ0) is 9.10. The highest BCUT2D eigenvalue weighted by molar-refractivity contribution is 5.93. The Labute approximate surface area is 75.9 Å². The van der Waals surface area contributed by atoms with Gasteiger partial charge in [-0.1, -0.05) is 0 Å². The first-order valence-electron chi connectivity index (χ1n) is 4.27. The van der Waals surface area contributed by atoms with Crippen LogP contribution in [-0.2, 0) is 4.74 Å². The Balaban J connectivity index is 1.91. The number of rotatable bonds is 2. The Bertz CT molecular complexity index is 275. The molecule has 1 amide bonds. The summed E-state index contributed by atoms with van der Waals surface area (Å²) in [6.45, 7) is 1.35. The fraction of sp³-hybridized carbons (Fsp3) is 0.444. The Morgan fingerprint density at radius 2 is 2.54 bits per heavy atom. The summed E-state index contributed by atoms with van der Waals surface area (Å²) in [4.78, 5) is 11.4. The summed E-state index contributed by atoms with van der Waals surface area (Å²) in [5.41, 5.74) is 0.562. The molecule has 0 aromatic carbocycles. The van der Waals surface area contributed by atoms with Gasteiger partial charge in [0.25, 0.3) is 5.91 Å². The minimum absolute atomic E-state index is 0.0933. The van der Waals surface area contributed by atoms with Gasteiger partial charge in [0, 0.05) is 6.61 Å². The van der Waals surface area contributed by atoms with Crippen molar-refractivity contribution in [3.8, 4) is 0 Å². The minimum Gasteiger partial charge on any atom is -0.472 e. The molecule has 1 unspecified atom stereocenters. The lowest BCUT2D eigenvalue weighted by Gasteiger charge is -2.08. The van der Waals surface area contributed by atoms with Gasteiger partial charge in [-0.2, -0.15) is 0 Å². The molecule has 4 heteroatoms. The van der Waals surface area contributed by atoms with Gasteiger partial charge in [-0.25, -0.2) is 0 Å². The van der Waals surface area contributed by atoms with E-state index < -0.39 is 0 Å². The molecule has 0 radical (unpaired) electrons. The van der Waals surface area contributed by atoms with Crippen molar-refractivity contribution in [2.24, 2.45) is 0 Å². The number of carbonyl (C=O) groups is 1. The van der Waals surface area contributed by atoms with E-state index in [-0.39, 0.29) is 11.9 Å². The quantitative estimate of drug-likeness (QED) is 0.734. The van der Waals surface area contributed by atoms with Crippen molar-refractivity contribution >= 4 is 5.91 Å². The Morgan fingerprint density at radius 1 is 1.62 bits per heavy atom. The lowest BCUT2D eigenvalue weighted by atomic mass is 10.2. The number of carbonyl (C=O) groups excluding carboxylic acids is 1. The van der Waals surface area contributed by atoms with Crippen LogP contribution >= 0.6 is 0 Å². The highest BCUT2D eigenvalue weighted by Gasteiger charge is 2.18. The van der Waals surface area contributed by atoms with Crippen LogP contribution in [0.3, 0.4) is 0 Å². The van der Waals surface area contributed by atoms with E-state index >= 15 is 0 Å². The van der Waals surface area contributed by atoms with Gasteiger partial charge in [0.15, 0.2) is 0 Å². The van der Waals surface area contributed by atoms with E-state index in [1.165, 1.54) is 12.5 Å². The first-order valence-corrected chi connectivity index (χ1v) is 4.27. The van der Waals surface area contributed by atoms with Gasteiger partial charge < -0.3 is 14.5 Å². The largest absolute Gasteiger partial charge is 0.472 e. The number of amides is 1. The Kier molecular flexibility index (Phi) is 2.31. The van der Waals surface area contributed by atoms with Crippen LogP contribution in [0.5, 0.6) is 0 Å². The molecule has 1 aliphatic rings. The molecule has 1 fully saturated rings. The molecule has 1 aromatic heterocycles. The fourth-order valence-electron chi connectivity index (χ4n) is 1.31. The molecule has 1 N–H and O–H groups in total. The van der Waals surface area contributed by atoms with Crippen molar-refractivity contribution in [1.82, 2.24) is 5.32 Å². The molecule has 1 saturated heterocycles. The van der Waals surface area contributed by atoms with E-state index in [9.17, 15) is 4.79 Å². The molecule has 0 spiro atoms. The molecule has 4 nitrogen and oxygen atoms in total. The SMILES string of the molecule is O=C(NC1CCOC1)c1ccoc1. The smallest absolute Gasteiger partial charge is 0.254 e. The summed E-state index contributed by atoms with van der Waals surface area (Å²) >= 11 is 0. The maximum absolute atomic E-state index is 11.4. The van der Waals surface area contributed by atoms with Crippen molar-refractivity contribution in [2.45, 2.75) is 12.5 Å². The van der Waals surface area contributed by atoms with E-state index in [0.29, 0.717) is 12.2 Å². The standard InChI is InChI=1S/C9H11NO3/c11-9(7-1-3-12-5-7)10-8-2-4-13-6-8/h1,3,5,8H,2,4,6H2,(H,10,11). The normalized spacial score (nSPS) is 21.7. The summed E-state index contributed by atoms with van der Waals surface area (Å²) < 4.78 is 9.95. The van der Waals surface area contributed by atoms with Crippen LogP contribution in [0, 0.1) is 0 Å². The summed E-state index contributed by atoms with van der Waals surface area (Å²) in [5.74, 6) is -0.0933. The van der Waals surface area contributed by atoms with Gasteiger partial charge in [0.05, 0.1) is 24.5 Å². The Morgan fingerprint density at radius 3 is 3.15 bits per heavy atom. The van der Waals surface area contributed by atoms with Crippen molar-refractivity contribution < 1.29 is 13.9 Å². The molecular formula is C9H11NO3. The van der Waals surface area contributed by atoms with Crippen molar-refractivity contribution in [2.75, 3.05) is 13.2 Å². The number of hydrogen-bond acceptors (Lipinski definition) is 3. The molecule has 0 saturated carbocycles. The zero-order valence-electron chi connectivity index (χ0n) is 7.16. The van der Waals surface area contributed by atoms with Crippen LogP contribution < -0.4 is 5.32 Å². The molecule has 1 aromatic rings. The predicted octanol–water partition coefficient (Wildman–Crippen LogP) is 0.798. The van der Waals surface area contributed by atoms with Crippen LogP contribution in [0.2, 0.25) is 0 Å². The van der Waals surface area contributed by atoms with E-state index in [1.54, 1.807) is 6.07 Å². The van der Waals surface area contributed by atoms with Crippen molar-refractivity contribution in [1.29, 1.82) is 0 Å². The van der Waals surface area contributed by atoms with Gasteiger partial charge >= 0.3 is 0 Å². The average Bonchev–Trinajstić information content (AvgIpc) is 2.74. The number of nitrogens with one attached hydrogen (secondary N) is 1. The molecule has 2 rings (SSSR count). The van der Waals surface area contributed by atoms with Crippen molar-refractivity contribution in [3.05, 3.63) is 24.2 Å². The molecule has 70 valence electrons. The maximum Gasteiger partial charge on any atom is 0.254 e. The second-order valence-corrected chi connectivity index (χ2v) is 3.05. The van der Waals surface area contributed by atoms with Gasteiger partial charge in [-0.15, -0.1) is 0 Å². The number of hydrogen-bond donors (Lipinski definition) is 1. The van der Waals surface area contributed by atoms with E-state index in [0.717, 1.165) is 13.0 Å². The number of ether oxygens (including phenoxy) is 1. The highest BCUT2D eigenvalue weighted by atomic mass is 16.5. The van der Waals surface area contributed by atoms with Crippen LogP contribution in [-0.4, -0.2) is 25.2 Å². The third kappa shape index (κ3) is 1.89. The molecule has 0 bridgehead atoms. The van der Waals surface area contributed by atoms with Gasteiger partial charge in [-0.05, 0) is 12.5 Å². The molecular weight excluding hydrogens is 170 g/mol. The van der Waals surface area contributed by atoms with E-state index in [4.69, 9.17) is 9.15 Å². The van der Waals surface area contributed by atoms with Gasteiger partial charge in [0.2, 0.25) is 0 Å². The van der Waals surface area contributed by atoms with Gasteiger partial charge in [-0.3, -0.25) is 4.79 Å². The van der Waals surface area contributed by atoms with Crippen molar-refractivity contribution in [3.63, 3.8) is 0 Å². The van der Waals surface area contributed by atoms with Crippen LogP contribution in [0.4, 0.5) is 0 Å². The van der Waals surface area contributed by atoms with Crippen LogP contribution in [0.1, 0.15) is 16.8 Å². The summed E-state index contributed by atoms with van der Waals surface area (Å²) in [7, 11) is 0. The van der Waals surface area contributed by atoms with Crippen LogP contribution in [0.15, 0.2) is 23.0 Å². The Hall–Kier alpha value is -1.29. The maximum atomic E-state index is 11.4. The topological polar surface area (TPSA) is 51.5 Å². The first kappa shape index (κ1) is 8.31. The first-order chi connectivity index (χ1) is 6.36. The molecule has 1 atom stereocenters. The molecule has 2 heterocycles. The zero-order valence-corrected chi connectivity index (χ0v) is 7.16. The third-order valence-electron chi connectivity index (χ3n) is 2.05. The van der Waals surface area contributed by atoms with E-state index in [2.05, 4.69) is 5.32 Å². The molecule has 0 aliphatic carbocycles. The predicted molar refractivity (Wildman–Crippen MR) is 45.4 cm³/mol. The lowest BCUT2D eigenvalue weighted by molar-refractivity contribution is 0.0929. The molecule has 1 aliphatic heterocycles. The fourth-order valence-corrected chi connectivity index (χ4v) is 1.31. The summed E-state index contributed by atoms with van der Waals surface area (Å²) in [6, 6.07) is 1.80. The lowest BCUT2D eigenvalue weighted by Crippen LogP contribution is -2.34. The molecule has 13 heavy (non-hydrogen) atoms. The minimum atomic E-state index is -0.0933. The summed E-state index contributed by atoms with van der Waals surface area (Å²) in [5, 5.41) is 2.86. The summed E-state index contributed by atoms with van der Waals surface area (Å²) in [6.07, 6.45) is 3.81. The third-order valence-corrected chi connectivity index (χ3v) is 2.05. The second kappa shape index (κ2) is 3.62. The average molecular weight is 181 g/mol. The number of furan rings is 1. The van der Waals surface area contributed by atoms with Crippen LogP contribution in [0.25, 0.3) is 0 Å². The highest BCUT2D eigenvalue weighted by Crippen LogP contribution is 2.06. The van der Waals surface area contributed by atoms with Gasteiger partial charge in [0.1, 0.15) is 6.26 Å². The monoisotopic (exact) mass is 181 g/mol. The van der Waals surface area contributed by atoms with E-state index in [1.807, 2.05) is 0 Å². The second-order valence-electron chi connectivity index (χ2n) is 3.05.